The summed E-state index contributed by atoms with van der Waals surface area (Å²) in [4.78, 5) is 12.2. The average Bonchev–Trinajstić information content (AvgIpc) is 3.17. The Morgan fingerprint density at radius 3 is 2.57 bits per heavy atom. The first-order chi connectivity index (χ1) is 18.1. The van der Waals surface area contributed by atoms with Gasteiger partial charge in [-0.2, -0.15) is 5.26 Å². The van der Waals surface area contributed by atoms with Crippen LogP contribution in [0.25, 0.3) is 22.2 Å². The molecule has 7 nitrogen and oxygen atoms in total. The van der Waals surface area contributed by atoms with Crippen molar-refractivity contribution in [1.29, 1.82) is 5.26 Å². The number of aromatic nitrogens is 1. The van der Waals surface area contributed by atoms with E-state index in [-0.39, 0.29) is 12.2 Å². The van der Waals surface area contributed by atoms with Gasteiger partial charge in [0.15, 0.2) is 0 Å². The average molecular weight is 502 g/mol. The molecule has 7 heteroatoms. The molecular weight excluding hydrogens is 466 g/mol. The summed E-state index contributed by atoms with van der Waals surface area (Å²) in [6.07, 6.45) is 6.52. The Bertz CT molecular complexity index is 1280. The second-order valence-electron chi connectivity index (χ2n) is 10.1. The van der Waals surface area contributed by atoms with Crippen LogP contribution in [0, 0.1) is 11.3 Å². The molecule has 0 spiro atoms. The lowest BCUT2D eigenvalue weighted by atomic mass is 9.92. The number of anilines is 1. The Balaban J connectivity index is 1.46. The van der Waals surface area contributed by atoms with Gasteiger partial charge in [-0.3, -0.25) is 5.32 Å². The highest BCUT2D eigenvalue weighted by atomic mass is 16.6. The zero-order valence-corrected chi connectivity index (χ0v) is 21.7. The molecule has 3 aromatic rings. The standard InChI is InChI=1S/C30H35N3O4/c1-3-5-20(2)36-30(34)32-22-10-8-21(9-11-22)29-27(19-31)26-13-12-25(37-24-14-16-35-17-15-24)18-28(26)33(29)23-6-4-7-23/h8-13,18,20,23-24H,3-7,14-17H2,1-2H3,(H,32,34)/t20-/m1/s1. The van der Waals surface area contributed by atoms with Gasteiger partial charge in [0.25, 0.3) is 0 Å². The normalized spacial score (nSPS) is 17.1. The molecule has 37 heavy (non-hydrogen) atoms. The highest BCUT2D eigenvalue weighted by molar-refractivity contribution is 5.96. The van der Waals surface area contributed by atoms with Crippen molar-refractivity contribution in [3.8, 4) is 23.1 Å². The van der Waals surface area contributed by atoms with Crippen LogP contribution >= 0.6 is 0 Å². The van der Waals surface area contributed by atoms with E-state index >= 15 is 0 Å². The van der Waals surface area contributed by atoms with Gasteiger partial charge in [0.1, 0.15) is 24.0 Å². The van der Waals surface area contributed by atoms with Gasteiger partial charge in [-0.05, 0) is 62.4 Å². The molecule has 2 aromatic carbocycles. The van der Waals surface area contributed by atoms with E-state index in [1.807, 2.05) is 43.3 Å². The Morgan fingerprint density at radius 1 is 1.16 bits per heavy atom. The van der Waals surface area contributed by atoms with Gasteiger partial charge >= 0.3 is 6.09 Å². The van der Waals surface area contributed by atoms with E-state index in [4.69, 9.17) is 14.2 Å². The summed E-state index contributed by atoms with van der Waals surface area (Å²) in [7, 11) is 0. The predicted molar refractivity (Wildman–Crippen MR) is 144 cm³/mol. The van der Waals surface area contributed by atoms with Crippen molar-refractivity contribution in [2.24, 2.45) is 0 Å². The number of rotatable bonds is 8. The summed E-state index contributed by atoms with van der Waals surface area (Å²) >= 11 is 0. The number of ether oxygens (including phenoxy) is 3. The number of nitrogens with one attached hydrogen (secondary N) is 1. The smallest absolute Gasteiger partial charge is 0.411 e. The van der Waals surface area contributed by atoms with E-state index < -0.39 is 6.09 Å². The van der Waals surface area contributed by atoms with Gasteiger partial charge in [-0.1, -0.05) is 25.5 Å². The van der Waals surface area contributed by atoms with E-state index in [0.29, 0.717) is 17.3 Å². The first kappa shape index (κ1) is 25.2. The molecule has 194 valence electrons. The number of carbonyl (C=O) groups is 1. The van der Waals surface area contributed by atoms with Crippen LogP contribution in [-0.4, -0.2) is 36.1 Å². The van der Waals surface area contributed by atoms with Gasteiger partial charge in [-0.15, -0.1) is 0 Å². The summed E-state index contributed by atoms with van der Waals surface area (Å²) in [5.74, 6) is 0.837. The van der Waals surface area contributed by atoms with Crippen molar-refractivity contribution in [1.82, 2.24) is 4.57 Å². The summed E-state index contributed by atoms with van der Waals surface area (Å²) in [5, 5.41) is 14.0. The van der Waals surface area contributed by atoms with E-state index in [1.165, 1.54) is 6.42 Å². The van der Waals surface area contributed by atoms with E-state index in [0.717, 1.165) is 79.6 Å². The molecule has 1 saturated carbocycles. The maximum absolute atomic E-state index is 12.2. The maximum Gasteiger partial charge on any atom is 0.411 e. The SMILES string of the molecule is CCC[C@@H](C)OC(=O)Nc1ccc(-c2c(C#N)c3ccc(OC4CCOCC4)cc3n2C2CCC2)cc1. The van der Waals surface area contributed by atoms with Crippen LogP contribution in [0.1, 0.15) is 70.4 Å². The highest BCUT2D eigenvalue weighted by Crippen LogP contribution is 2.43. The molecule has 1 aliphatic heterocycles. The zero-order valence-electron chi connectivity index (χ0n) is 21.7. The minimum Gasteiger partial charge on any atom is -0.490 e. The number of amides is 1. The number of carbonyl (C=O) groups excluding carboxylic acids is 1. The molecule has 1 aliphatic carbocycles. The third-order valence-electron chi connectivity index (χ3n) is 7.41. The summed E-state index contributed by atoms with van der Waals surface area (Å²) in [6.45, 7) is 5.42. The number of hydrogen-bond donors (Lipinski definition) is 1. The molecule has 2 aliphatic rings. The van der Waals surface area contributed by atoms with E-state index in [1.54, 1.807) is 0 Å². The van der Waals surface area contributed by atoms with Crippen LogP contribution < -0.4 is 10.1 Å². The number of benzene rings is 2. The summed E-state index contributed by atoms with van der Waals surface area (Å²) in [6, 6.07) is 16.6. The van der Waals surface area contributed by atoms with Crippen molar-refractivity contribution in [2.75, 3.05) is 18.5 Å². The molecule has 0 unspecified atom stereocenters. The predicted octanol–water partition coefficient (Wildman–Crippen LogP) is 7.20. The van der Waals surface area contributed by atoms with Crippen molar-refractivity contribution in [3.63, 3.8) is 0 Å². The molecule has 0 bridgehead atoms. The molecule has 1 saturated heterocycles. The first-order valence-electron chi connectivity index (χ1n) is 13.5. The molecule has 1 N–H and O–H groups in total. The van der Waals surface area contributed by atoms with E-state index in [2.05, 4.69) is 28.9 Å². The molecule has 1 aromatic heterocycles. The fraction of sp³-hybridized carbons (Fsp3) is 0.467. The van der Waals surface area contributed by atoms with Gasteiger partial charge < -0.3 is 18.8 Å². The number of nitrogens with zero attached hydrogens (tertiary/aromatic N) is 2. The van der Waals surface area contributed by atoms with Crippen LogP contribution in [0.3, 0.4) is 0 Å². The van der Waals surface area contributed by atoms with Crippen LogP contribution in [-0.2, 0) is 9.47 Å². The first-order valence-corrected chi connectivity index (χ1v) is 13.5. The number of hydrogen-bond acceptors (Lipinski definition) is 5. The molecular formula is C30H35N3O4. The fourth-order valence-electron chi connectivity index (χ4n) is 5.28. The van der Waals surface area contributed by atoms with Gasteiger partial charge in [-0.25, -0.2) is 4.79 Å². The quantitative estimate of drug-likeness (QED) is 0.353. The van der Waals surface area contributed by atoms with Crippen molar-refractivity contribution in [2.45, 2.75) is 77.0 Å². The third-order valence-corrected chi connectivity index (χ3v) is 7.41. The lowest BCUT2D eigenvalue weighted by molar-refractivity contribution is 0.0256. The van der Waals surface area contributed by atoms with Gasteiger partial charge in [0.05, 0.1) is 30.0 Å². The third kappa shape index (κ3) is 5.45. The minimum absolute atomic E-state index is 0.124. The molecule has 5 rings (SSSR count). The van der Waals surface area contributed by atoms with Crippen LogP contribution in [0.2, 0.25) is 0 Å². The monoisotopic (exact) mass is 501 g/mol. The largest absolute Gasteiger partial charge is 0.490 e. The highest BCUT2D eigenvalue weighted by Gasteiger charge is 2.28. The van der Waals surface area contributed by atoms with E-state index in [9.17, 15) is 10.1 Å². The molecule has 2 fully saturated rings. The summed E-state index contributed by atoms with van der Waals surface area (Å²) in [5.41, 5.74) is 4.25. The van der Waals surface area contributed by atoms with Crippen molar-refractivity contribution < 1.29 is 19.0 Å². The lowest BCUT2D eigenvalue weighted by Crippen LogP contribution is -2.25. The maximum atomic E-state index is 12.2. The zero-order chi connectivity index (χ0) is 25.8. The second kappa shape index (κ2) is 11.3. The van der Waals surface area contributed by atoms with Crippen LogP contribution in [0.4, 0.5) is 10.5 Å². The Labute approximate surface area is 218 Å². The van der Waals surface area contributed by atoms with Crippen LogP contribution in [0.15, 0.2) is 42.5 Å². The van der Waals surface area contributed by atoms with Crippen molar-refractivity contribution in [3.05, 3.63) is 48.0 Å². The van der Waals surface area contributed by atoms with Gasteiger partial charge in [0, 0.05) is 36.0 Å². The lowest BCUT2D eigenvalue weighted by Gasteiger charge is -2.30. The van der Waals surface area contributed by atoms with Gasteiger partial charge in [0.2, 0.25) is 0 Å². The van der Waals surface area contributed by atoms with Crippen molar-refractivity contribution >= 4 is 22.7 Å². The molecule has 1 atom stereocenters. The molecule has 1 amide bonds. The fourth-order valence-corrected chi connectivity index (χ4v) is 5.28. The molecule has 0 radical (unpaired) electrons. The summed E-state index contributed by atoms with van der Waals surface area (Å²) < 4.78 is 19.5. The number of fused-ring (bicyclic) bond motifs is 1. The number of nitriles is 1. The minimum atomic E-state index is -0.452. The molecule has 2 heterocycles. The Morgan fingerprint density at radius 2 is 1.92 bits per heavy atom. The topological polar surface area (TPSA) is 85.5 Å². The Hall–Kier alpha value is -3.50. The second-order valence-corrected chi connectivity index (χ2v) is 10.1. The van der Waals surface area contributed by atoms with Crippen LogP contribution in [0.5, 0.6) is 5.75 Å². The Kier molecular flexibility index (Phi) is 7.66.